The Morgan fingerprint density at radius 2 is 2.00 bits per heavy atom. The highest BCUT2D eigenvalue weighted by molar-refractivity contribution is 7.98. The second-order valence-corrected chi connectivity index (χ2v) is 5.87. The van der Waals surface area contributed by atoms with E-state index in [-0.39, 0.29) is 6.04 Å². The molecule has 2 N–H and O–H groups in total. The van der Waals surface area contributed by atoms with Crippen molar-refractivity contribution < 1.29 is 4.42 Å². The number of hydrogen-bond donors (Lipinski definition) is 1. The van der Waals surface area contributed by atoms with E-state index in [0.29, 0.717) is 5.25 Å². The number of aryl methyl sites for hydroxylation is 1. The molecule has 2 nitrogen and oxygen atoms in total. The topological polar surface area (TPSA) is 39.2 Å². The molecule has 0 spiro atoms. The van der Waals surface area contributed by atoms with Gasteiger partial charge in [0.15, 0.2) is 0 Å². The van der Waals surface area contributed by atoms with Gasteiger partial charge in [0.1, 0.15) is 5.76 Å². The van der Waals surface area contributed by atoms with Crippen LogP contribution in [0.3, 0.4) is 0 Å². The van der Waals surface area contributed by atoms with Gasteiger partial charge in [0, 0.05) is 11.3 Å². The van der Waals surface area contributed by atoms with Gasteiger partial charge in [-0.1, -0.05) is 31.2 Å². The smallest absolute Gasteiger partial charge is 0.113 e. The summed E-state index contributed by atoms with van der Waals surface area (Å²) < 4.78 is 5.40. The molecule has 0 aliphatic heterocycles. The van der Waals surface area contributed by atoms with Gasteiger partial charge in [0.2, 0.25) is 0 Å². The van der Waals surface area contributed by atoms with Crippen molar-refractivity contribution in [2.24, 2.45) is 5.73 Å². The first-order chi connectivity index (χ1) is 9.22. The molecule has 19 heavy (non-hydrogen) atoms. The Labute approximate surface area is 119 Å². The van der Waals surface area contributed by atoms with E-state index in [9.17, 15) is 0 Å². The molecular formula is C16H21NOS. The molecule has 1 aromatic carbocycles. The largest absolute Gasteiger partial charge is 0.468 e. The average Bonchev–Trinajstić information content (AvgIpc) is 2.93. The van der Waals surface area contributed by atoms with E-state index in [4.69, 9.17) is 10.2 Å². The van der Waals surface area contributed by atoms with Crippen LogP contribution in [0.15, 0.2) is 47.1 Å². The predicted octanol–water partition coefficient (Wildman–Crippen LogP) is 4.30. The minimum Gasteiger partial charge on any atom is -0.468 e. The molecule has 0 aliphatic rings. The first-order valence-corrected chi connectivity index (χ1v) is 7.72. The Morgan fingerprint density at radius 3 is 2.63 bits per heavy atom. The molecule has 102 valence electrons. The molecule has 0 bridgehead atoms. The number of hydrogen-bond acceptors (Lipinski definition) is 3. The maximum Gasteiger partial charge on any atom is 0.113 e. The molecule has 0 fully saturated rings. The molecule has 3 heteroatoms. The maximum atomic E-state index is 6.31. The molecule has 2 atom stereocenters. The third-order valence-corrected chi connectivity index (χ3v) is 4.75. The van der Waals surface area contributed by atoms with Gasteiger partial charge in [0.05, 0.1) is 12.0 Å². The van der Waals surface area contributed by atoms with Crippen molar-refractivity contribution in [1.29, 1.82) is 0 Å². The highest BCUT2D eigenvalue weighted by Crippen LogP contribution is 2.36. The van der Waals surface area contributed by atoms with Crippen molar-refractivity contribution in [2.45, 2.75) is 37.3 Å². The van der Waals surface area contributed by atoms with Crippen LogP contribution in [0.1, 0.15) is 35.5 Å². The van der Waals surface area contributed by atoms with Crippen LogP contribution in [-0.4, -0.2) is 6.04 Å². The van der Waals surface area contributed by atoms with Crippen LogP contribution in [0.4, 0.5) is 0 Å². The minimum atomic E-state index is 0.168. The second kappa shape index (κ2) is 6.83. The Bertz CT molecular complexity index is 495. The number of furan rings is 1. The first kappa shape index (κ1) is 14.2. The molecule has 0 saturated heterocycles. The summed E-state index contributed by atoms with van der Waals surface area (Å²) in [5.74, 6) is 1.87. The van der Waals surface area contributed by atoms with Gasteiger partial charge in [-0.05, 0) is 36.6 Å². The van der Waals surface area contributed by atoms with Gasteiger partial charge in [-0.3, -0.25) is 0 Å². The molecule has 0 aliphatic carbocycles. The van der Waals surface area contributed by atoms with Crippen molar-refractivity contribution in [2.75, 3.05) is 0 Å². The summed E-state index contributed by atoms with van der Waals surface area (Å²) in [6.07, 6.45) is 2.70. The number of nitrogens with two attached hydrogens (primary N) is 1. The third kappa shape index (κ3) is 3.64. The van der Waals surface area contributed by atoms with Crippen molar-refractivity contribution in [3.63, 3.8) is 0 Å². The summed E-state index contributed by atoms with van der Waals surface area (Å²) in [7, 11) is 0. The Kier molecular flexibility index (Phi) is 5.11. The van der Waals surface area contributed by atoms with Gasteiger partial charge in [0.25, 0.3) is 0 Å². The van der Waals surface area contributed by atoms with Gasteiger partial charge >= 0.3 is 0 Å². The predicted molar refractivity (Wildman–Crippen MR) is 82.2 cm³/mol. The zero-order valence-corrected chi connectivity index (χ0v) is 12.3. The standard InChI is InChI=1S/C16H21NOS/c1-3-15(17)16(14-9-5-4-7-12(14)2)19-11-13-8-6-10-18-13/h4-10,15-16H,3,11,17H2,1-2H3. The van der Waals surface area contributed by atoms with Crippen LogP contribution in [0, 0.1) is 6.92 Å². The van der Waals surface area contributed by atoms with Gasteiger partial charge in [-0.15, -0.1) is 11.8 Å². The lowest BCUT2D eigenvalue weighted by atomic mass is 10.00. The molecule has 1 heterocycles. The number of rotatable bonds is 6. The van der Waals surface area contributed by atoms with E-state index in [1.807, 2.05) is 23.9 Å². The van der Waals surface area contributed by atoms with Crippen molar-refractivity contribution in [1.82, 2.24) is 0 Å². The fourth-order valence-electron chi connectivity index (χ4n) is 2.13. The van der Waals surface area contributed by atoms with Crippen molar-refractivity contribution in [3.8, 4) is 0 Å². The summed E-state index contributed by atoms with van der Waals surface area (Å²) in [5.41, 5.74) is 8.96. The number of benzene rings is 1. The summed E-state index contributed by atoms with van der Waals surface area (Å²) in [6.45, 7) is 4.29. The average molecular weight is 275 g/mol. The van der Waals surface area contributed by atoms with E-state index in [0.717, 1.165) is 17.9 Å². The van der Waals surface area contributed by atoms with Gasteiger partial charge in [-0.2, -0.15) is 0 Å². The summed E-state index contributed by atoms with van der Waals surface area (Å²) in [5, 5.41) is 0.316. The van der Waals surface area contributed by atoms with Gasteiger partial charge < -0.3 is 10.2 Å². The SMILES string of the molecule is CCC(N)C(SCc1ccco1)c1ccccc1C. The molecule has 0 amide bonds. The lowest BCUT2D eigenvalue weighted by Crippen LogP contribution is -2.26. The highest BCUT2D eigenvalue weighted by Gasteiger charge is 2.20. The zero-order valence-electron chi connectivity index (χ0n) is 11.5. The van der Waals surface area contributed by atoms with E-state index in [1.165, 1.54) is 11.1 Å². The second-order valence-electron chi connectivity index (χ2n) is 4.74. The minimum absolute atomic E-state index is 0.168. The van der Waals surface area contributed by atoms with Crippen LogP contribution < -0.4 is 5.73 Å². The Balaban J connectivity index is 2.14. The van der Waals surface area contributed by atoms with Gasteiger partial charge in [-0.25, -0.2) is 0 Å². The lowest BCUT2D eigenvalue weighted by molar-refractivity contribution is 0.529. The summed E-state index contributed by atoms with van der Waals surface area (Å²) >= 11 is 1.86. The fourth-order valence-corrected chi connectivity index (χ4v) is 3.52. The van der Waals surface area contributed by atoms with E-state index < -0.39 is 0 Å². The van der Waals surface area contributed by atoms with Crippen LogP contribution >= 0.6 is 11.8 Å². The zero-order chi connectivity index (χ0) is 13.7. The van der Waals surface area contributed by atoms with Crippen LogP contribution in [-0.2, 0) is 5.75 Å². The molecular weight excluding hydrogens is 254 g/mol. The normalized spacial score (nSPS) is 14.3. The molecule has 2 aromatic rings. The van der Waals surface area contributed by atoms with Crippen LogP contribution in [0.5, 0.6) is 0 Å². The maximum absolute atomic E-state index is 6.31. The number of thioether (sulfide) groups is 1. The lowest BCUT2D eigenvalue weighted by Gasteiger charge is -2.24. The van der Waals surface area contributed by atoms with Crippen LogP contribution in [0.25, 0.3) is 0 Å². The van der Waals surface area contributed by atoms with E-state index in [2.05, 4.69) is 38.1 Å². The summed E-state index contributed by atoms with van der Waals surface area (Å²) in [6, 6.07) is 12.6. The Morgan fingerprint density at radius 1 is 1.21 bits per heavy atom. The Hall–Kier alpha value is -1.19. The molecule has 0 saturated carbocycles. The summed E-state index contributed by atoms with van der Waals surface area (Å²) in [4.78, 5) is 0. The molecule has 1 aromatic heterocycles. The quantitative estimate of drug-likeness (QED) is 0.854. The fraction of sp³-hybridized carbons (Fsp3) is 0.375. The highest BCUT2D eigenvalue weighted by atomic mass is 32.2. The van der Waals surface area contributed by atoms with Crippen LogP contribution in [0.2, 0.25) is 0 Å². The first-order valence-electron chi connectivity index (χ1n) is 6.67. The van der Waals surface area contributed by atoms with E-state index >= 15 is 0 Å². The van der Waals surface area contributed by atoms with Crippen molar-refractivity contribution in [3.05, 3.63) is 59.5 Å². The molecule has 2 rings (SSSR count). The van der Waals surface area contributed by atoms with E-state index in [1.54, 1.807) is 6.26 Å². The van der Waals surface area contributed by atoms with Crippen molar-refractivity contribution >= 4 is 11.8 Å². The molecule has 2 unspecified atom stereocenters. The third-order valence-electron chi connectivity index (χ3n) is 3.34. The monoisotopic (exact) mass is 275 g/mol. The molecule has 0 radical (unpaired) electrons.